The number of esters is 1. The molecule has 4 rings (SSSR count). The smallest absolute Gasteiger partial charge is 0.409 e. The van der Waals surface area contributed by atoms with Gasteiger partial charge in [-0.1, -0.05) is 63.9 Å². The van der Waals surface area contributed by atoms with Crippen LogP contribution in [0, 0.1) is 5.92 Å². The summed E-state index contributed by atoms with van der Waals surface area (Å²) < 4.78 is 40.0. The number of amides is 4. The maximum absolute atomic E-state index is 14.3. The Morgan fingerprint density at radius 1 is 1.12 bits per heavy atom. The Hall–Kier alpha value is -3.56. The fourth-order valence-corrected chi connectivity index (χ4v) is 9.77. The van der Waals surface area contributed by atoms with Crippen molar-refractivity contribution in [2.24, 2.45) is 5.92 Å². The van der Waals surface area contributed by atoms with Crippen molar-refractivity contribution in [2.45, 2.75) is 109 Å². The van der Waals surface area contributed by atoms with Crippen LogP contribution in [0.4, 0.5) is 10.5 Å². The van der Waals surface area contributed by atoms with Crippen molar-refractivity contribution in [3.8, 4) is 5.75 Å². The SMILES string of the molecule is CCOCCOCCNC(=O)CCSSCCC(=O)N(C)[C@@H](C)C(=O)O[C@H]1CC(=O)N(C)c2cc(cc(OC)c2Cl)C/C(C)=C/C=C/[C@@H](OC)[C@@]2(O)C[C@H](OC(=O)N2)C(C)[C@@H]2O[C@@]12C. The van der Waals surface area contributed by atoms with Gasteiger partial charge in [0.05, 0.1) is 45.1 Å². The van der Waals surface area contributed by atoms with E-state index in [0.717, 1.165) is 11.1 Å². The maximum atomic E-state index is 14.3. The van der Waals surface area contributed by atoms with E-state index in [4.69, 9.17) is 44.8 Å². The molecule has 20 heteroatoms. The molecule has 2 saturated heterocycles. The molecule has 3 N–H and O–H groups in total. The fourth-order valence-electron chi connectivity index (χ4n) is 7.49. The van der Waals surface area contributed by atoms with Gasteiger partial charge in [0.25, 0.3) is 0 Å². The molecule has 358 valence electrons. The molecule has 4 amide bonds. The highest BCUT2D eigenvalue weighted by Crippen LogP contribution is 2.49. The Morgan fingerprint density at radius 2 is 1.83 bits per heavy atom. The summed E-state index contributed by atoms with van der Waals surface area (Å²) in [5.41, 5.74) is -1.02. The number of methoxy groups -OCH3 is 2. The molecule has 0 radical (unpaired) electrons. The first kappa shape index (κ1) is 53.1. The summed E-state index contributed by atoms with van der Waals surface area (Å²) in [4.78, 5) is 69.2. The van der Waals surface area contributed by atoms with E-state index in [-0.39, 0.29) is 36.1 Å². The van der Waals surface area contributed by atoms with E-state index in [1.165, 1.54) is 52.7 Å². The van der Waals surface area contributed by atoms with E-state index in [9.17, 15) is 29.1 Å². The zero-order valence-corrected chi connectivity index (χ0v) is 40.7. The highest BCUT2D eigenvalue weighted by Gasteiger charge is 2.64. The summed E-state index contributed by atoms with van der Waals surface area (Å²) in [5.74, 6) is -0.794. The Labute approximate surface area is 389 Å². The predicted octanol–water partition coefficient (Wildman–Crippen LogP) is 4.85. The average molecular weight is 958 g/mol. The summed E-state index contributed by atoms with van der Waals surface area (Å²) >= 11 is 6.79. The van der Waals surface area contributed by atoms with Gasteiger partial charge >= 0.3 is 12.1 Å². The number of nitrogens with zero attached hydrogens (tertiary/aromatic N) is 2. The number of hydrogen-bond donors (Lipinski definition) is 3. The van der Waals surface area contributed by atoms with Crippen LogP contribution in [0.25, 0.3) is 0 Å². The van der Waals surface area contributed by atoms with Gasteiger partial charge in [-0.05, 0) is 51.8 Å². The summed E-state index contributed by atoms with van der Waals surface area (Å²) in [5, 5.41) is 17.3. The number of allylic oxidation sites excluding steroid dienone is 3. The quantitative estimate of drug-likeness (QED) is 0.0735. The van der Waals surface area contributed by atoms with Crippen LogP contribution in [0.5, 0.6) is 5.75 Å². The molecular formula is C44H65ClN4O13S2. The van der Waals surface area contributed by atoms with Crippen molar-refractivity contribution >= 4 is 68.7 Å². The summed E-state index contributed by atoms with van der Waals surface area (Å²) in [6, 6.07) is 2.54. The second-order valence-corrected chi connectivity index (χ2v) is 19.3. The molecule has 0 saturated carbocycles. The molecule has 4 bridgehead atoms. The van der Waals surface area contributed by atoms with Crippen LogP contribution in [0.15, 0.2) is 35.9 Å². The standard InChI is InChI=1S/C44H65ClN4O13S2/c1-10-58-18-19-59-17-16-46-36(50)14-20-63-64-21-15-37(51)48(6)29(4)41(53)61-35-25-38(52)49(7)31-23-30(24-32(56-8)39(31)45)22-27(2)12-11-13-34(57-9)44(55)26-33(60-42(54)47-44)28(3)40-43(35,5)62-40/h11-13,23-24,28-29,33-35,40,55H,10,14-22,25-26H2,1-9H3,(H,46,50)(H,47,54)/b13-11+,27-12+/t28?,29-,33-,34+,35-,40-,43-,44-/m0/s1. The Bertz CT molecular complexity index is 1860. The van der Waals surface area contributed by atoms with Crippen LogP contribution in [0.3, 0.4) is 0 Å². The number of epoxide rings is 1. The van der Waals surface area contributed by atoms with Gasteiger partial charge in [0, 0.05) is 71.0 Å². The van der Waals surface area contributed by atoms with Gasteiger partial charge < -0.3 is 53.4 Å². The Kier molecular flexibility index (Phi) is 20.6. The number of aliphatic hydroxyl groups is 1. The van der Waals surface area contributed by atoms with Crippen molar-refractivity contribution < 1.29 is 62.2 Å². The zero-order valence-electron chi connectivity index (χ0n) is 38.3. The molecule has 1 unspecified atom stereocenters. The molecule has 2 fully saturated rings. The number of alkyl carbamates (subject to hydrolysis) is 1. The number of fused-ring (bicyclic) bond motifs is 5. The topological polar surface area (TPSA) is 204 Å². The van der Waals surface area contributed by atoms with Crippen molar-refractivity contribution in [3.63, 3.8) is 0 Å². The van der Waals surface area contributed by atoms with Gasteiger partial charge in [-0.2, -0.15) is 0 Å². The maximum Gasteiger partial charge on any atom is 0.409 e. The molecule has 3 aliphatic rings. The number of halogens is 1. The molecule has 0 aliphatic carbocycles. The highest BCUT2D eigenvalue weighted by molar-refractivity contribution is 8.76. The first-order valence-corrected chi connectivity index (χ1v) is 24.3. The molecule has 1 aromatic carbocycles. The first-order chi connectivity index (χ1) is 30.4. The molecule has 17 nitrogen and oxygen atoms in total. The van der Waals surface area contributed by atoms with Gasteiger partial charge in [0.15, 0.2) is 5.72 Å². The number of carbonyl (C=O) groups is 5. The molecule has 0 aromatic heterocycles. The number of rotatable bonds is 19. The van der Waals surface area contributed by atoms with Gasteiger partial charge in [-0.25, -0.2) is 9.59 Å². The minimum Gasteiger partial charge on any atom is -0.495 e. The summed E-state index contributed by atoms with van der Waals surface area (Å²) in [7, 11) is 8.92. The lowest BCUT2D eigenvalue weighted by atomic mass is 9.83. The number of anilines is 1. The van der Waals surface area contributed by atoms with Gasteiger partial charge in [0.1, 0.15) is 40.7 Å². The highest BCUT2D eigenvalue weighted by atomic mass is 35.5. The van der Waals surface area contributed by atoms with E-state index >= 15 is 0 Å². The van der Waals surface area contributed by atoms with Crippen molar-refractivity contribution in [1.29, 1.82) is 0 Å². The van der Waals surface area contributed by atoms with Gasteiger partial charge in [0.2, 0.25) is 17.7 Å². The largest absolute Gasteiger partial charge is 0.495 e. The third-order valence-corrected chi connectivity index (χ3v) is 14.4. The molecule has 64 heavy (non-hydrogen) atoms. The molecule has 3 heterocycles. The van der Waals surface area contributed by atoms with Crippen LogP contribution in [0.2, 0.25) is 5.02 Å². The average Bonchev–Trinajstić information content (AvgIpc) is 3.96. The minimum atomic E-state index is -1.85. The summed E-state index contributed by atoms with van der Waals surface area (Å²) in [6.45, 7) is 11.3. The molecule has 0 spiro atoms. The van der Waals surface area contributed by atoms with E-state index in [2.05, 4.69) is 10.6 Å². The number of nitrogens with one attached hydrogen (secondary N) is 2. The lowest BCUT2D eigenvalue weighted by Gasteiger charge is -2.42. The number of carbonyl (C=O) groups excluding carboxylic acids is 5. The first-order valence-electron chi connectivity index (χ1n) is 21.4. The monoisotopic (exact) mass is 956 g/mol. The van der Waals surface area contributed by atoms with Crippen molar-refractivity contribution in [2.75, 3.05) is 77.7 Å². The van der Waals surface area contributed by atoms with E-state index in [1.807, 2.05) is 19.9 Å². The third-order valence-electron chi connectivity index (χ3n) is 11.6. The molecule has 1 aromatic rings. The second kappa shape index (κ2) is 24.8. The second-order valence-electron chi connectivity index (χ2n) is 16.2. The number of likely N-dealkylation sites (N-methyl/N-ethyl adjacent to an activating group) is 1. The Balaban J connectivity index is 1.47. The van der Waals surface area contributed by atoms with Crippen LogP contribution in [-0.4, -0.2) is 154 Å². The van der Waals surface area contributed by atoms with Gasteiger partial charge in [-0.15, -0.1) is 0 Å². The van der Waals surface area contributed by atoms with E-state index < -0.39 is 65.7 Å². The normalized spacial score (nSPS) is 27.8. The van der Waals surface area contributed by atoms with Crippen LogP contribution in [0.1, 0.15) is 65.9 Å². The fraction of sp³-hybridized carbons (Fsp3) is 0.659. The summed E-state index contributed by atoms with van der Waals surface area (Å²) in [6.07, 6.45) is 1.18. The number of ether oxygens (including phenoxy) is 7. The van der Waals surface area contributed by atoms with E-state index in [0.29, 0.717) is 68.8 Å². The zero-order chi connectivity index (χ0) is 47.2. The van der Waals surface area contributed by atoms with Crippen molar-refractivity contribution in [3.05, 3.63) is 46.5 Å². The van der Waals surface area contributed by atoms with Crippen LogP contribution in [-0.2, 0) is 54.0 Å². The molecule has 8 atom stereocenters. The van der Waals surface area contributed by atoms with Crippen LogP contribution < -0.4 is 20.3 Å². The third kappa shape index (κ3) is 14.5. The number of hydrogen-bond acceptors (Lipinski definition) is 15. The van der Waals surface area contributed by atoms with Crippen molar-refractivity contribution in [1.82, 2.24) is 15.5 Å². The predicted molar refractivity (Wildman–Crippen MR) is 245 cm³/mol. The van der Waals surface area contributed by atoms with Gasteiger partial charge in [-0.3, -0.25) is 19.7 Å². The number of benzene rings is 1. The molecule has 3 aliphatic heterocycles. The Morgan fingerprint density at radius 3 is 2.52 bits per heavy atom. The lowest BCUT2D eigenvalue weighted by molar-refractivity contribution is -0.162. The van der Waals surface area contributed by atoms with Crippen LogP contribution >= 0.6 is 33.2 Å². The lowest BCUT2D eigenvalue weighted by Crippen LogP contribution is -2.63. The molecular weight excluding hydrogens is 892 g/mol. The minimum absolute atomic E-state index is 0.0698. The van der Waals surface area contributed by atoms with E-state index in [1.54, 1.807) is 52.1 Å².